The second kappa shape index (κ2) is 12.0. The topological polar surface area (TPSA) is 129 Å². The minimum absolute atomic E-state index is 0.0479. The van der Waals surface area contributed by atoms with Crippen molar-refractivity contribution in [1.82, 2.24) is 9.80 Å². The predicted octanol–water partition coefficient (Wildman–Crippen LogP) is 2.87. The van der Waals surface area contributed by atoms with Crippen LogP contribution in [-0.4, -0.2) is 101 Å². The van der Waals surface area contributed by atoms with Crippen LogP contribution in [0.15, 0.2) is 30.3 Å². The van der Waals surface area contributed by atoms with Gasteiger partial charge in [-0.25, -0.2) is 4.79 Å². The third kappa shape index (κ3) is 6.58. The number of aliphatic hydroxyl groups excluding tert-OH is 2. The number of carboxylic acid groups (broad SMARTS) is 1. The van der Waals surface area contributed by atoms with E-state index in [0.29, 0.717) is 24.5 Å². The fraction of sp³-hybridized carbons (Fsp3) is 0.500. The minimum Gasteiger partial charge on any atom is -0.490 e. The molecule has 2 saturated heterocycles. The van der Waals surface area contributed by atoms with Crippen molar-refractivity contribution in [3.63, 3.8) is 0 Å². The molecule has 3 heterocycles. The zero-order chi connectivity index (χ0) is 28.4. The number of benzene rings is 2. The number of halogens is 2. The van der Waals surface area contributed by atoms with Gasteiger partial charge in [0.2, 0.25) is 0 Å². The number of aliphatic hydroxyl groups is 2. The zero-order valence-electron chi connectivity index (χ0n) is 21.9. The molecule has 216 valence electrons. The third-order valence-electron chi connectivity index (χ3n) is 7.60. The summed E-state index contributed by atoms with van der Waals surface area (Å²) in [6.45, 7) is 1.70. The normalized spacial score (nSPS) is 20.7. The number of fused-ring (bicyclic) bond motifs is 1. The number of ether oxygens (including phenoxy) is 3. The first-order chi connectivity index (χ1) is 19.1. The number of aliphatic carboxylic acids is 1. The summed E-state index contributed by atoms with van der Waals surface area (Å²) < 4.78 is 17.4. The SMILES string of the molecule is O=C(O)COc1cc(OC[C@H](O)CN2CCC3(CC2)Cc2cc(Cl)ccc2O3)c(C(=O)N2CC[C@H](O)C2)cc1Cl. The Hall–Kier alpha value is -2.76. The van der Waals surface area contributed by atoms with Crippen LogP contribution in [0.25, 0.3) is 0 Å². The van der Waals surface area contributed by atoms with Gasteiger partial charge in [0.15, 0.2) is 6.61 Å². The van der Waals surface area contributed by atoms with E-state index in [1.807, 2.05) is 18.2 Å². The molecule has 0 saturated carbocycles. The van der Waals surface area contributed by atoms with E-state index in [1.165, 1.54) is 17.0 Å². The maximum atomic E-state index is 13.2. The number of carbonyl (C=O) groups excluding carboxylic acids is 1. The smallest absolute Gasteiger partial charge is 0.341 e. The number of nitrogens with zero attached hydrogens (tertiary/aromatic N) is 2. The van der Waals surface area contributed by atoms with Gasteiger partial charge in [-0.2, -0.15) is 0 Å². The molecule has 0 bridgehead atoms. The number of piperidine rings is 1. The summed E-state index contributed by atoms with van der Waals surface area (Å²) in [5.41, 5.74) is 1.02. The highest BCUT2D eigenvalue weighted by atomic mass is 35.5. The first-order valence-corrected chi connectivity index (χ1v) is 14.0. The summed E-state index contributed by atoms with van der Waals surface area (Å²) in [6, 6.07) is 8.44. The fourth-order valence-corrected chi connectivity index (χ4v) is 5.94. The van der Waals surface area contributed by atoms with Gasteiger partial charge in [0.25, 0.3) is 5.91 Å². The molecule has 1 spiro atoms. The molecular formula is C28H32Cl2N2O8. The number of carboxylic acids is 1. The molecule has 10 nitrogen and oxygen atoms in total. The second-order valence-electron chi connectivity index (χ2n) is 10.6. The molecule has 12 heteroatoms. The Morgan fingerprint density at radius 3 is 2.58 bits per heavy atom. The molecule has 2 atom stereocenters. The molecular weight excluding hydrogens is 563 g/mol. The molecule has 3 aliphatic rings. The van der Waals surface area contributed by atoms with Crippen molar-refractivity contribution in [2.45, 2.75) is 43.5 Å². The zero-order valence-corrected chi connectivity index (χ0v) is 23.4. The summed E-state index contributed by atoms with van der Waals surface area (Å²) in [5.74, 6) is -0.517. The van der Waals surface area contributed by atoms with Crippen LogP contribution in [0.3, 0.4) is 0 Å². The lowest BCUT2D eigenvalue weighted by Crippen LogP contribution is -2.49. The summed E-state index contributed by atoms with van der Waals surface area (Å²) >= 11 is 12.4. The molecule has 40 heavy (non-hydrogen) atoms. The standard InChI is InChI=1S/C28H32Cl2N2O8/c29-18-1-2-23-17(9-18)12-28(40-23)4-7-31(8-5-28)13-20(34)15-38-24-11-25(39-16-26(35)36)22(30)10-21(24)27(37)32-6-3-19(33)14-32/h1-2,9-11,19-20,33-34H,3-8,12-16H2,(H,35,36)/t19-,20+/m0/s1. The van der Waals surface area contributed by atoms with Gasteiger partial charge in [0, 0.05) is 63.1 Å². The van der Waals surface area contributed by atoms with E-state index in [2.05, 4.69) is 4.90 Å². The van der Waals surface area contributed by atoms with Crippen LogP contribution >= 0.6 is 23.2 Å². The van der Waals surface area contributed by atoms with Crippen LogP contribution in [0.4, 0.5) is 0 Å². The van der Waals surface area contributed by atoms with Crippen LogP contribution in [0.5, 0.6) is 17.2 Å². The number of rotatable bonds is 9. The van der Waals surface area contributed by atoms with Gasteiger partial charge in [-0.1, -0.05) is 23.2 Å². The molecule has 1 amide bonds. The Balaban J connectivity index is 1.20. The lowest BCUT2D eigenvalue weighted by atomic mass is 9.87. The van der Waals surface area contributed by atoms with Crippen LogP contribution in [0, 0.1) is 0 Å². The lowest BCUT2D eigenvalue weighted by Gasteiger charge is -2.39. The summed E-state index contributed by atoms with van der Waals surface area (Å²) in [5, 5.41) is 30.4. The van der Waals surface area contributed by atoms with Crippen molar-refractivity contribution in [1.29, 1.82) is 0 Å². The highest BCUT2D eigenvalue weighted by Crippen LogP contribution is 2.42. The second-order valence-corrected chi connectivity index (χ2v) is 11.5. The maximum absolute atomic E-state index is 13.2. The Kier molecular flexibility index (Phi) is 8.63. The minimum atomic E-state index is -1.18. The molecule has 0 aliphatic carbocycles. The first-order valence-electron chi connectivity index (χ1n) is 13.3. The van der Waals surface area contributed by atoms with Crippen molar-refractivity contribution < 1.29 is 39.1 Å². The number of hydrogen-bond acceptors (Lipinski definition) is 8. The monoisotopic (exact) mass is 594 g/mol. The van der Waals surface area contributed by atoms with Gasteiger partial charge in [0.05, 0.1) is 16.7 Å². The highest BCUT2D eigenvalue weighted by Gasteiger charge is 2.42. The van der Waals surface area contributed by atoms with E-state index >= 15 is 0 Å². The largest absolute Gasteiger partial charge is 0.490 e. The van der Waals surface area contributed by atoms with E-state index in [-0.39, 0.29) is 46.7 Å². The van der Waals surface area contributed by atoms with Crippen LogP contribution in [-0.2, 0) is 11.2 Å². The number of amides is 1. The summed E-state index contributed by atoms with van der Waals surface area (Å²) in [6.07, 6.45) is 1.45. The van der Waals surface area contributed by atoms with Crippen LogP contribution in [0.1, 0.15) is 35.2 Å². The average molecular weight is 595 g/mol. The van der Waals surface area contributed by atoms with E-state index in [1.54, 1.807) is 0 Å². The first kappa shape index (κ1) is 28.8. The molecule has 2 aromatic rings. The van der Waals surface area contributed by atoms with Gasteiger partial charge in [-0.15, -0.1) is 0 Å². The van der Waals surface area contributed by atoms with Crippen molar-refractivity contribution in [2.24, 2.45) is 0 Å². The number of likely N-dealkylation sites (tertiary alicyclic amines) is 2. The van der Waals surface area contributed by atoms with Gasteiger partial charge in [0.1, 0.15) is 35.6 Å². The Morgan fingerprint density at radius 1 is 1.10 bits per heavy atom. The van der Waals surface area contributed by atoms with Crippen molar-refractivity contribution >= 4 is 35.1 Å². The van der Waals surface area contributed by atoms with E-state index in [9.17, 15) is 19.8 Å². The summed E-state index contributed by atoms with van der Waals surface area (Å²) in [7, 11) is 0. The van der Waals surface area contributed by atoms with Crippen molar-refractivity contribution in [2.75, 3.05) is 45.9 Å². The molecule has 2 aromatic carbocycles. The highest BCUT2D eigenvalue weighted by molar-refractivity contribution is 6.32. The molecule has 3 aliphatic heterocycles. The number of hydrogen-bond donors (Lipinski definition) is 3. The molecule has 0 unspecified atom stereocenters. The van der Waals surface area contributed by atoms with E-state index in [0.717, 1.165) is 43.7 Å². The molecule has 2 fully saturated rings. The summed E-state index contributed by atoms with van der Waals surface area (Å²) in [4.78, 5) is 27.8. The average Bonchev–Trinajstić information content (AvgIpc) is 3.50. The molecule has 3 N–H and O–H groups in total. The van der Waals surface area contributed by atoms with Crippen LogP contribution in [0.2, 0.25) is 10.0 Å². The quantitative estimate of drug-likeness (QED) is 0.401. The van der Waals surface area contributed by atoms with Gasteiger partial charge in [-0.05, 0) is 36.2 Å². The Bertz CT molecular complexity index is 1270. The predicted molar refractivity (Wildman–Crippen MR) is 147 cm³/mol. The Morgan fingerprint density at radius 2 is 1.88 bits per heavy atom. The van der Waals surface area contributed by atoms with Crippen molar-refractivity contribution in [3.05, 3.63) is 51.5 Å². The van der Waals surface area contributed by atoms with Gasteiger partial charge < -0.3 is 39.3 Å². The molecule has 0 radical (unpaired) electrons. The maximum Gasteiger partial charge on any atom is 0.341 e. The van der Waals surface area contributed by atoms with Gasteiger partial charge >= 0.3 is 5.97 Å². The molecule has 5 rings (SSSR count). The fourth-order valence-electron chi connectivity index (χ4n) is 5.53. The van der Waals surface area contributed by atoms with E-state index in [4.69, 9.17) is 42.5 Å². The van der Waals surface area contributed by atoms with Gasteiger partial charge in [-0.3, -0.25) is 4.79 Å². The van der Waals surface area contributed by atoms with Crippen LogP contribution < -0.4 is 14.2 Å². The number of β-amino-alcohol motifs (C(OH)–C–C–N with tert-alkyl or cyclic N) is 2. The van der Waals surface area contributed by atoms with Crippen molar-refractivity contribution in [3.8, 4) is 17.2 Å². The number of carbonyl (C=O) groups is 2. The Labute approximate surface area is 241 Å². The van der Waals surface area contributed by atoms with E-state index < -0.39 is 24.8 Å². The third-order valence-corrected chi connectivity index (χ3v) is 8.13. The molecule has 0 aromatic heterocycles. The lowest BCUT2D eigenvalue weighted by molar-refractivity contribution is -0.139.